The van der Waals surface area contributed by atoms with Gasteiger partial charge >= 0.3 is 0 Å². The maximum Gasteiger partial charge on any atom is 0.267 e. The molecule has 1 aliphatic rings. The summed E-state index contributed by atoms with van der Waals surface area (Å²) in [6.07, 6.45) is -0.215. The number of alkyl halides is 2. The minimum Gasteiger partial charge on any atom is -0.383 e. The molecule has 1 rings (SSSR count). The first-order chi connectivity index (χ1) is 7.00. The van der Waals surface area contributed by atoms with E-state index in [1.165, 1.54) is 12.0 Å². The number of carbonyl (C=O) groups excluding carboxylic acids is 1. The SMILES string of the molecule is COC[C@H]1CC(F)(F)CN1C(=O)CCN. The van der Waals surface area contributed by atoms with E-state index in [-0.39, 0.29) is 31.9 Å². The Labute approximate surface area is 87.4 Å². The topological polar surface area (TPSA) is 55.6 Å². The van der Waals surface area contributed by atoms with Gasteiger partial charge in [-0.15, -0.1) is 0 Å². The van der Waals surface area contributed by atoms with Gasteiger partial charge in [-0.3, -0.25) is 4.79 Å². The Hall–Kier alpha value is -0.750. The fourth-order valence-electron chi connectivity index (χ4n) is 1.80. The second-order valence-electron chi connectivity index (χ2n) is 3.73. The molecule has 1 amide bonds. The van der Waals surface area contributed by atoms with Crippen molar-refractivity contribution in [2.75, 3.05) is 26.8 Å². The summed E-state index contributed by atoms with van der Waals surface area (Å²) < 4.78 is 31.0. The summed E-state index contributed by atoms with van der Waals surface area (Å²) in [6.45, 7) is -0.188. The largest absolute Gasteiger partial charge is 0.383 e. The molecule has 0 aliphatic carbocycles. The maximum atomic E-state index is 13.1. The maximum absolute atomic E-state index is 13.1. The van der Waals surface area contributed by atoms with Crippen LogP contribution in [0.4, 0.5) is 8.78 Å². The van der Waals surface area contributed by atoms with Crippen molar-refractivity contribution in [3.05, 3.63) is 0 Å². The zero-order chi connectivity index (χ0) is 11.5. The molecule has 1 heterocycles. The minimum atomic E-state index is -2.80. The van der Waals surface area contributed by atoms with Gasteiger partial charge in [0.2, 0.25) is 5.91 Å². The van der Waals surface area contributed by atoms with Gasteiger partial charge in [0, 0.05) is 26.5 Å². The van der Waals surface area contributed by atoms with Crippen LogP contribution in [-0.4, -0.2) is 49.6 Å². The Morgan fingerprint density at radius 1 is 1.67 bits per heavy atom. The van der Waals surface area contributed by atoms with Gasteiger partial charge in [-0.25, -0.2) is 8.78 Å². The molecule has 1 saturated heterocycles. The zero-order valence-electron chi connectivity index (χ0n) is 8.71. The van der Waals surface area contributed by atoms with Crippen LogP contribution < -0.4 is 5.73 Å². The van der Waals surface area contributed by atoms with E-state index in [0.717, 1.165) is 0 Å². The highest BCUT2D eigenvalue weighted by Crippen LogP contribution is 2.32. The van der Waals surface area contributed by atoms with Crippen LogP contribution in [-0.2, 0) is 9.53 Å². The molecule has 6 heteroatoms. The van der Waals surface area contributed by atoms with Crippen molar-refractivity contribution in [1.29, 1.82) is 0 Å². The number of nitrogens with two attached hydrogens (primary N) is 1. The molecular formula is C9H16F2N2O2. The Balaban J connectivity index is 2.64. The number of ether oxygens (including phenoxy) is 1. The fourth-order valence-corrected chi connectivity index (χ4v) is 1.80. The summed E-state index contributed by atoms with van der Waals surface area (Å²) >= 11 is 0. The van der Waals surface area contributed by atoms with Gasteiger partial charge in [0.05, 0.1) is 19.2 Å². The van der Waals surface area contributed by atoms with Crippen LogP contribution in [0.15, 0.2) is 0 Å². The molecule has 0 aromatic heterocycles. The standard InChI is InChI=1S/C9H16F2N2O2/c1-15-5-7-4-9(10,11)6-13(7)8(14)2-3-12/h7H,2-6,12H2,1H3/t7-/m1/s1. The van der Waals surface area contributed by atoms with Crippen LogP contribution in [0.2, 0.25) is 0 Å². The monoisotopic (exact) mass is 222 g/mol. The van der Waals surface area contributed by atoms with E-state index < -0.39 is 18.5 Å². The number of hydrogen-bond donors (Lipinski definition) is 1. The summed E-state index contributed by atoms with van der Waals surface area (Å²) in [5.74, 6) is -3.12. The first-order valence-corrected chi connectivity index (χ1v) is 4.86. The summed E-state index contributed by atoms with van der Waals surface area (Å²) in [5.41, 5.74) is 5.22. The van der Waals surface area contributed by atoms with Gasteiger partial charge in [-0.1, -0.05) is 0 Å². The Kier molecular flexibility index (Phi) is 3.98. The fraction of sp³-hybridized carbons (Fsp3) is 0.889. The predicted molar refractivity (Wildman–Crippen MR) is 50.6 cm³/mol. The highest BCUT2D eigenvalue weighted by atomic mass is 19.3. The average Bonchev–Trinajstić information content (AvgIpc) is 2.42. The smallest absolute Gasteiger partial charge is 0.267 e. The number of carbonyl (C=O) groups is 1. The summed E-state index contributed by atoms with van der Waals surface area (Å²) in [6, 6.07) is -0.524. The minimum absolute atomic E-state index is 0.107. The van der Waals surface area contributed by atoms with E-state index in [1.807, 2.05) is 0 Å². The van der Waals surface area contributed by atoms with Crippen molar-refractivity contribution in [2.24, 2.45) is 5.73 Å². The van der Waals surface area contributed by atoms with Crippen LogP contribution in [0.1, 0.15) is 12.8 Å². The van der Waals surface area contributed by atoms with Crippen molar-refractivity contribution >= 4 is 5.91 Å². The van der Waals surface area contributed by atoms with E-state index in [9.17, 15) is 13.6 Å². The first kappa shape index (κ1) is 12.3. The van der Waals surface area contributed by atoms with E-state index in [0.29, 0.717) is 0 Å². The lowest BCUT2D eigenvalue weighted by Gasteiger charge is -2.22. The summed E-state index contributed by atoms with van der Waals surface area (Å²) in [7, 11) is 1.43. The molecule has 0 aromatic rings. The second kappa shape index (κ2) is 4.85. The highest BCUT2D eigenvalue weighted by molar-refractivity contribution is 5.77. The number of nitrogens with zero attached hydrogens (tertiary/aromatic N) is 1. The lowest BCUT2D eigenvalue weighted by molar-refractivity contribution is -0.133. The second-order valence-corrected chi connectivity index (χ2v) is 3.73. The zero-order valence-corrected chi connectivity index (χ0v) is 8.71. The predicted octanol–water partition coefficient (Wildman–Crippen LogP) is 0.218. The Morgan fingerprint density at radius 3 is 2.87 bits per heavy atom. The molecule has 0 unspecified atom stereocenters. The van der Waals surface area contributed by atoms with Gasteiger partial charge in [-0.05, 0) is 0 Å². The van der Waals surface area contributed by atoms with E-state index >= 15 is 0 Å². The van der Waals surface area contributed by atoms with Crippen molar-refractivity contribution in [3.63, 3.8) is 0 Å². The lowest BCUT2D eigenvalue weighted by Crippen LogP contribution is -2.39. The first-order valence-electron chi connectivity index (χ1n) is 4.86. The number of likely N-dealkylation sites (tertiary alicyclic amines) is 1. The van der Waals surface area contributed by atoms with Crippen LogP contribution in [0.3, 0.4) is 0 Å². The summed E-state index contributed by atoms with van der Waals surface area (Å²) in [4.78, 5) is 12.7. The van der Waals surface area contributed by atoms with Crippen LogP contribution in [0, 0.1) is 0 Å². The molecule has 0 bridgehead atoms. The number of halogens is 2. The molecule has 2 N–H and O–H groups in total. The van der Waals surface area contributed by atoms with Crippen LogP contribution in [0.25, 0.3) is 0 Å². The van der Waals surface area contributed by atoms with E-state index in [2.05, 4.69) is 0 Å². The lowest BCUT2D eigenvalue weighted by atomic mass is 10.2. The van der Waals surface area contributed by atoms with Gasteiger partial charge in [0.1, 0.15) is 0 Å². The molecule has 88 valence electrons. The molecular weight excluding hydrogens is 206 g/mol. The normalized spacial score (nSPS) is 24.5. The van der Waals surface area contributed by atoms with Crippen molar-refractivity contribution in [2.45, 2.75) is 24.8 Å². The molecule has 0 saturated carbocycles. The quantitative estimate of drug-likeness (QED) is 0.740. The number of amides is 1. The molecule has 0 aromatic carbocycles. The molecule has 4 nitrogen and oxygen atoms in total. The van der Waals surface area contributed by atoms with Crippen LogP contribution in [0.5, 0.6) is 0 Å². The molecule has 1 atom stereocenters. The third-order valence-corrected chi connectivity index (χ3v) is 2.41. The molecule has 0 spiro atoms. The Bertz CT molecular complexity index is 236. The van der Waals surface area contributed by atoms with E-state index in [4.69, 9.17) is 10.5 Å². The van der Waals surface area contributed by atoms with Gasteiger partial charge in [-0.2, -0.15) is 0 Å². The van der Waals surface area contributed by atoms with Crippen molar-refractivity contribution in [3.8, 4) is 0 Å². The van der Waals surface area contributed by atoms with Crippen molar-refractivity contribution in [1.82, 2.24) is 4.90 Å². The highest BCUT2D eigenvalue weighted by Gasteiger charge is 2.46. The van der Waals surface area contributed by atoms with Gasteiger partial charge in [0.25, 0.3) is 5.92 Å². The van der Waals surface area contributed by atoms with Crippen LogP contribution >= 0.6 is 0 Å². The van der Waals surface area contributed by atoms with Crippen molar-refractivity contribution < 1.29 is 18.3 Å². The molecule has 0 radical (unpaired) electrons. The molecule has 15 heavy (non-hydrogen) atoms. The number of rotatable bonds is 4. The van der Waals surface area contributed by atoms with Gasteiger partial charge < -0.3 is 15.4 Å². The third kappa shape index (κ3) is 3.10. The molecule has 1 aliphatic heterocycles. The Morgan fingerprint density at radius 2 is 2.33 bits per heavy atom. The molecule has 1 fully saturated rings. The van der Waals surface area contributed by atoms with E-state index in [1.54, 1.807) is 0 Å². The number of hydrogen-bond acceptors (Lipinski definition) is 3. The number of methoxy groups -OCH3 is 1. The third-order valence-electron chi connectivity index (χ3n) is 2.41. The van der Waals surface area contributed by atoms with Gasteiger partial charge in [0.15, 0.2) is 0 Å². The average molecular weight is 222 g/mol. The summed E-state index contributed by atoms with van der Waals surface area (Å²) in [5, 5.41) is 0.